The first-order chi connectivity index (χ1) is 15.2. The van der Waals surface area contributed by atoms with Crippen LogP contribution in [-0.2, 0) is 16.4 Å². The van der Waals surface area contributed by atoms with Crippen LogP contribution in [0.2, 0.25) is 10.0 Å². The molecule has 3 aromatic rings. The molecular weight excluding hydrogens is 485 g/mol. The Labute approximate surface area is 203 Å². The fraction of sp³-hybridized carbons (Fsp3) is 0.348. The van der Waals surface area contributed by atoms with E-state index in [4.69, 9.17) is 28.2 Å². The predicted octanol–water partition coefficient (Wildman–Crippen LogP) is 5.48. The summed E-state index contributed by atoms with van der Waals surface area (Å²) >= 11 is 13.8. The van der Waals surface area contributed by atoms with Crippen molar-refractivity contribution in [2.45, 2.75) is 32.1 Å². The third-order valence-corrected chi connectivity index (χ3v) is 9.60. The molecule has 0 N–H and O–H groups in total. The van der Waals surface area contributed by atoms with Crippen molar-refractivity contribution in [3.8, 4) is 0 Å². The number of benzene rings is 2. The Morgan fingerprint density at radius 2 is 1.69 bits per heavy atom. The van der Waals surface area contributed by atoms with Crippen molar-refractivity contribution < 1.29 is 8.42 Å². The third kappa shape index (κ3) is 4.68. The van der Waals surface area contributed by atoms with Crippen LogP contribution in [0.3, 0.4) is 0 Å². The van der Waals surface area contributed by atoms with Crippen LogP contribution in [0.5, 0.6) is 0 Å². The molecule has 0 spiro atoms. The lowest BCUT2D eigenvalue weighted by atomic mass is 9.96. The van der Waals surface area contributed by atoms with E-state index in [0.717, 1.165) is 17.2 Å². The number of hydrogen-bond acceptors (Lipinski definition) is 5. The van der Waals surface area contributed by atoms with Crippen LogP contribution < -0.4 is 4.90 Å². The standard InChI is InChI=1S/C23H25Cl2N3O2S2/c1-15-11-16(2)19(17(3)12-15)13-18-14-31-23(26-18)27-7-9-28(10-8-27)32(29,30)21-6-4-5-20(24)22(21)25/h4-6,11-12,14H,7-10,13H2,1-3H3. The highest BCUT2D eigenvalue weighted by Crippen LogP contribution is 2.32. The summed E-state index contributed by atoms with van der Waals surface area (Å²) in [5.74, 6) is 0. The Balaban J connectivity index is 1.44. The van der Waals surface area contributed by atoms with E-state index >= 15 is 0 Å². The number of thiazole rings is 1. The highest BCUT2D eigenvalue weighted by atomic mass is 35.5. The van der Waals surface area contributed by atoms with Crippen LogP contribution in [0, 0.1) is 20.8 Å². The molecule has 1 aliphatic heterocycles. The maximum Gasteiger partial charge on any atom is 0.244 e. The van der Waals surface area contributed by atoms with Crippen molar-refractivity contribution in [2.75, 3.05) is 31.1 Å². The first kappa shape index (κ1) is 23.5. The zero-order chi connectivity index (χ0) is 23.0. The zero-order valence-electron chi connectivity index (χ0n) is 18.2. The molecule has 1 aliphatic rings. The van der Waals surface area contributed by atoms with E-state index in [1.807, 2.05) is 0 Å². The molecule has 0 atom stereocenters. The molecule has 0 unspecified atom stereocenters. The number of halogens is 2. The number of piperazine rings is 1. The normalized spacial score (nSPS) is 15.3. The van der Waals surface area contributed by atoms with Crippen molar-refractivity contribution in [3.63, 3.8) is 0 Å². The molecule has 170 valence electrons. The predicted molar refractivity (Wildman–Crippen MR) is 133 cm³/mol. The summed E-state index contributed by atoms with van der Waals surface area (Å²) in [6.07, 6.45) is 0.802. The molecule has 0 bridgehead atoms. The first-order valence-corrected chi connectivity index (χ1v) is 13.4. The third-order valence-electron chi connectivity index (χ3n) is 5.78. The van der Waals surface area contributed by atoms with Crippen LogP contribution in [-0.4, -0.2) is 43.9 Å². The Morgan fingerprint density at radius 3 is 2.34 bits per heavy atom. The van der Waals surface area contributed by atoms with Gasteiger partial charge in [-0.15, -0.1) is 11.3 Å². The van der Waals surface area contributed by atoms with Crippen LogP contribution >= 0.6 is 34.5 Å². The molecule has 0 saturated carbocycles. The van der Waals surface area contributed by atoms with Crippen LogP contribution in [0.4, 0.5) is 5.13 Å². The molecule has 32 heavy (non-hydrogen) atoms. The van der Waals surface area contributed by atoms with E-state index in [-0.39, 0.29) is 14.9 Å². The molecule has 2 heterocycles. The smallest absolute Gasteiger partial charge is 0.244 e. The molecule has 2 aromatic carbocycles. The van der Waals surface area contributed by atoms with Gasteiger partial charge in [0.05, 0.1) is 15.7 Å². The van der Waals surface area contributed by atoms with Gasteiger partial charge in [0.2, 0.25) is 10.0 Å². The Morgan fingerprint density at radius 1 is 1.03 bits per heavy atom. The average molecular weight is 511 g/mol. The number of anilines is 1. The molecule has 1 saturated heterocycles. The number of hydrogen-bond donors (Lipinski definition) is 0. The number of aromatic nitrogens is 1. The van der Waals surface area contributed by atoms with Gasteiger partial charge in [-0.3, -0.25) is 0 Å². The monoisotopic (exact) mass is 509 g/mol. The number of sulfonamides is 1. The lowest BCUT2D eigenvalue weighted by molar-refractivity contribution is 0.384. The van der Waals surface area contributed by atoms with Gasteiger partial charge in [-0.2, -0.15) is 4.31 Å². The van der Waals surface area contributed by atoms with E-state index in [9.17, 15) is 8.42 Å². The van der Waals surface area contributed by atoms with Gasteiger partial charge < -0.3 is 4.90 Å². The lowest BCUT2D eigenvalue weighted by Crippen LogP contribution is -2.48. The summed E-state index contributed by atoms with van der Waals surface area (Å²) in [4.78, 5) is 7.05. The highest BCUT2D eigenvalue weighted by molar-refractivity contribution is 7.89. The van der Waals surface area contributed by atoms with E-state index < -0.39 is 10.0 Å². The van der Waals surface area contributed by atoms with Crippen LogP contribution in [0.15, 0.2) is 40.6 Å². The lowest BCUT2D eigenvalue weighted by Gasteiger charge is -2.34. The van der Waals surface area contributed by atoms with Crippen molar-refractivity contribution in [1.82, 2.24) is 9.29 Å². The minimum Gasteiger partial charge on any atom is -0.345 e. The highest BCUT2D eigenvalue weighted by Gasteiger charge is 2.31. The summed E-state index contributed by atoms with van der Waals surface area (Å²) in [5.41, 5.74) is 6.21. The molecule has 4 rings (SSSR count). The van der Waals surface area contributed by atoms with E-state index in [1.54, 1.807) is 23.5 Å². The van der Waals surface area contributed by atoms with E-state index in [2.05, 4.69) is 43.2 Å². The van der Waals surface area contributed by atoms with Gasteiger partial charge in [-0.25, -0.2) is 13.4 Å². The van der Waals surface area contributed by atoms with E-state index in [0.29, 0.717) is 26.2 Å². The Bertz CT molecular complexity index is 1230. The second kappa shape index (κ2) is 9.31. The summed E-state index contributed by atoms with van der Waals surface area (Å²) in [6.45, 7) is 8.31. The second-order valence-electron chi connectivity index (χ2n) is 8.12. The van der Waals surface area contributed by atoms with Gasteiger partial charge in [0.1, 0.15) is 4.90 Å². The van der Waals surface area contributed by atoms with E-state index in [1.165, 1.54) is 32.6 Å². The van der Waals surface area contributed by atoms with Crippen molar-refractivity contribution in [1.29, 1.82) is 0 Å². The largest absolute Gasteiger partial charge is 0.345 e. The maximum absolute atomic E-state index is 13.0. The number of aryl methyl sites for hydroxylation is 3. The maximum atomic E-state index is 13.0. The minimum absolute atomic E-state index is 0.0560. The number of nitrogens with zero attached hydrogens (tertiary/aromatic N) is 3. The fourth-order valence-corrected chi connectivity index (χ4v) is 7.17. The molecule has 1 aromatic heterocycles. The second-order valence-corrected chi connectivity index (χ2v) is 11.6. The Hall–Kier alpha value is -1.64. The molecule has 5 nitrogen and oxygen atoms in total. The van der Waals surface area contributed by atoms with Gasteiger partial charge in [-0.1, -0.05) is 47.0 Å². The summed E-state index contributed by atoms with van der Waals surface area (Å²) in [5, 5.41) is 3.34. The molecule has 0 aliphatic carbocycles. The molecule has 0 radical (unpaired) electrons. The Kier molecular flexibility index (Phi) is 6.84. The first-order valence-electron chi connectivity index (χ1n) is 10.4. The molecule has 9 heteroatoms. The number of rotatable bonds is 5. The van der Waals surface area contributed by atoms with Crippen molar-refractivity contribution >= 4 is 49.7 Å². The van der Waals surface area contributed by atoms with Gasteiger partial charge in [-0.05, 0) is 49.6 Å². The zero-order valence-corrected chi connectivity index (χ0v) is 21.4. The quantitative estimate of drug-likeness (QED) is 0.457. The molecular formula is C23H25Cl2N3O2S2. The van der Waals surface area contributed by atoms with Gasteiger partial charge in [0, 0.05) is 38.0 Å². The van der Waals surface area contributed by atoms with Crippen LogP contribution in [0.1, 0.15) is 27.9 Å². The van der Waals surface area contributed by atoms with Crippen molar-refractivity contribution in [3.05, 3.63) is 73.7 Å². The topological polar surface area (TPSA) is 53.5 Å². The summed E-state index contributed by atoms with van der Waals surface area (Å²) in [6, 6.07) is 9.10. The molecule has 0 amide bonds. The van der Waals surface area contributed by atoms with Crippen LogP contribution in [0.25, 0.3) is 0 Å². The van der Waals surface area contributed by atoms with Gasteiger partial charge in [0.25, 0.3) is 0 Å². The average Bonchev–Trinajstić information content (AvgIpc) is 3.21. The summed E-state index contributed by atoms with van der Waals surface area (Å²) < 4.78 is 27.6. The SMILES string of the molecule is Cc1cc(C)c(Cc2csc(N3CCN(S(=O)(=O)c4cccc(Cl)c4Cl)CC3)n2)c(C)c1. The minimum atomic E-state index is -3.70. The molecule has 1 fully saturated rings. The fourth-order valence-electron chi connectivity index (χ4n) is 4.13. The van der Waals surface area contributed by atoms with Gasteiger partial charge in [0.15, 0.2) is 5.13 Å². The van der Waals surface area contributed by atoms with Crippen molar-refractivity contribution in [2.24, 2.45) is 0 Å². The summed E-state index contributed by atoms with van der Waals surface area (Å²) in [7, 11) is -3.70. The van der Waals surface area contributed by atoms with Gasteiger partial charge >= 0.3 is 0 Å².